The molecule has 130 valence electrons. The summed E-state index contributed by atoms with van der Waals surface area (Å²) in [6.07, 6.45) is -0.489. The molecule has 0 unspecified atom stereocenters. The van der Waals surface area contributed by atoms with Gasteiger partial charge in [0.15, 0.2) is 0 Å². The van der Waals surface area contributed by atoms with E-state index in [2.05, 4.69) is 5.10 Å². The molecule has 1 N–H and O–H groups in total. The molecule has 2 aromatic rings. The highest BCUT2D eigenvalue weighted by Crippen LogP contribution is 2.40. The molecule has 0 fully saturated rings. The van der Waals surface area contributed by atoms with E-state index in [4.69, 9.17) is 11.6 Å². The van der Waals surface area contributed by atoms with Crippen LogP contribution < -0.4 is 0 Å². The maximum absolute atomic E-state index is 14.2. The van der Waals surface area contributed by atoms with Crippen molar-refractivity contribution in [2.75, 3.05) is 0 Å². The minimum Gasteiger partial charge on any atom is -0.364 e. The van der Waals surface area contributed by atoms with Crippen LogP contribution in [0.2, 0.25) is 5.02 Å². The number of amides is 1. The molecule has 1 atom stereocenters. The minimum atomic E-state index is -3.57. The zero-order valence-electron chi connectivity index (χ0n) is 13.3. The number of carbonyl (C=O) groups excluding carboxylic acids is 1. The molecule has 1 amide bonds. The van der Waals surface area contributed by atoms with Crippen LogP contribution in [-0.4, -0.2) is 33.4 Å². The summed E-state index contributed by atoms with van der Waals surface area (Å²) in [4.78, 5) is 12.6. The average molecular weight is 365 g/mol. The quantitative estimate of drug-likeness (QED) is 0.897. The molecule has 0 aromatic heterocycles. The fourth-order valence-electron chi connectivity index (χ4n) is 2.61. The summed E-state index contributed by atoms with van der Waals surface area (Å²) in [7, 11) is 0. The summed E-state index contributed by atoms with van der Waals surface area (Å²) in [6, 6.07) is 14.3. The van der Waals surface area contributed by atoms with Gasteiger partial charge in [-0.25, -0.2) is 8.78 Å². The van der Waals surface area contributed by atoms with Crippen LogP contribution in [0.3, 0.4) is 0 Å². The second-order valence-electron chi connectivity index (χ2n) is 5.92. The molecule has 3 rings (SSSR count). The Kier molecular flexibility index (Phi) is 4.34. The van der Waals surface area contributed by atoms with E-state index >= 15 is 0 Å². The second kappa shape index (κ2) is 6.20. The Hall–Kier alpha value is -2.31. The fourth-order valence-corrected chi connectivity index (χ4v) is 2.73. The third-order valence-electron chi connectivity index (χ3n) is 4.08. The molecule has 0 radical (unpaired) electrons. The smallest absolute Gasteiger partial charge is 0.294 e. The van der Waals surface area contributed by atoms with Gasteiger partial charge in [0.1, 0.15) is 0 Å². The summed E-state index contributed by atoms with van der Waals surface area (Å²) in [6.45, 7) is 0.568. The molecule has 0 spiro atoms. The Balaban J connectivity index is 2.04. The van der Waals surface area contributed by atoms with Gasteiger partial charge in [0.05, 0.1) is 5.71 Å². The number of carbonyl (C=O) groups is 1. The molecule has 0 saturated heterocycles. The van der Waals surface area contributed by atoms with E-state index in [0.29, 0.717) is 22.5 Å². The van der Waals surface area contributed by atoms with Crippen molar-refractivity contribution in [1.29, 1.82) is 0 Å². The average Bonchev–Trinajstić information content (AvgIpc) is 2.94. The van der Waals surface area contributed by atoms with Crippen LogP contribution in [-0.2, 0) is 0 Å². The Bertz CT molecular complexity index is 819. The van der Waals surface area contributed by atoms with Gasteiger partial charge >= 0.3 is 0 Å². The molecule has 4 nitrogen and oxygen atoms in total. The molecule has 0 saturated carbocycles. The summed E-state index contributed by atoms with van der Waals surface area (Å²) in [5.74, 6) is -4.37. The van der Waals surface area contributed by atoms with E-state index in [0.717, 1.165) is 0 Å². The van der Waals surface area contributed by atoms with Crippen LogP contribution in [0.25, 0.3) is 0 Å². The lowest BCUT2D eigenvalue weighted by Gasteiger charge is -2.35. The Morgan fingerprint density at radius 3 is 2.36 bits per heavy atom. The van der Waals surface area contributed by atoms with Gasteiger partial charge < -0.3 is 5.11 Å². The summed E-state index contributed by atoms with van der Waals surface area (Å²) >= 11 is 5.83. The zero-order chi connectivity index (χ0) is 18.2. The first-order valence-corrected chi connectivity index (χ1v) is 7.93. The Labute approximate surface area is 148 Å². The molecule has 1 heterocycles. The van der Waals surface area contributed by atoms with Gasteiger partial charge in [0.2, 0.25) is 5.72 Å². The zero-order valence-corrected chi connectivity index (χ0v) is 14.0. The largest absolute Gasteiger partial charge is 0.364 e. The van der Waals surface area contributed by atoms with Gasteiger partial charge in [-0.1, -0.05) is 41.9 Å². The van der Waals surface area contributed by atoms with Gasteiger partial charge in [-0.3, -0.25) is 4.79 Å². The maximum Gasteiger partial charge on any atom is 0.294 e. The molecule has 2 aromatic carbocycles. The van der Waals surface area contributed by atoms with Crippen molar-refractivity contribution in [3.63, 3.8) is 0 Å². The molecule has 0 aliphatic carbocycles. The van der Waals surface area contributed by atoms with E-state index in [-0.39, 0.29) is 11.3 Å². The lowest BCUT2D eigenvalue weighted by Crippen LogP contribution is -2.57. The highest BCUT2D eigenvalue weighted by atomic mass is 35.5. The highest BCUT2D eigenvalue weighted by Gasteiger charge is 2.59. The standard InChI is InChI=1S/C18H15ClF2N2O2/c1-17(20,21)18(25)11-15(12-7-9-14(19)10-8-12)22-23(18)16(24)13-5-3-2-4-6-13/h2-10,25H,11H2,1H3/t18-/m1/s1. The van der Waals surface area contributed by atoms with E-state index in [9.17, 15) is 18.7 Å². The first-order chi connectivity index (χ1) is 11.7. The maximum atomic E-state index is 14.2. The SMILES string of the molecule is CC(F)(F)[C@]1(O)CC(c2ccc(Cl)cc2)=NN1C(=O)c1ccccc1. The number of benzene rings is 2. The number of aliphatic hydroxyl groups is 1. The molecule has 7 heteroatoms. The first-order valence-electron chi connectivity index (χ1n) is 7.55. The predicted octanol–water partition coefficient (Wildman–Crippen LogP) is 3.93. The van der Waals surface area contributed by atoms with Crippen molar-refractivity contribution >= 4 is 23.2 Å². The number of hydrogen-bond acceptors (Lipinski definition) is 3. The number of rotatable bonds is 3. The third kappa shape index (κ3) is 3.15. The highest BCUT2D eigenvalue weighted by molar-refractivity contribution is 6.30. The van der Waals surface area contributed by atoms with E-state index in [1.807, 2.05) is 0 Å². The second-order valence-corrected chi connectivity index (χ2v) is 6.35. The third-order valence-corrected chi connectivity index (χ3v) is 4.33. The predicted molar refractivity (Wildman–Crippen MR) is 90.8 cm³/mol. The monoisotopic (exact) mass is 364 g/mol. The van der Waals surface area contributed by atoms with Gasteiger partial charge in [-0.2, -0.15) is 10.1 Å². The number of hydrazone groups is 1. The van der Waals surface area contributed by atoms with Gasteiger partial charge in [0.25, 0.3) is 11.8 Å². The Morgan fingerprint density at radius 1 is 1.20 bits per heavy atom. The van der Waals surface area contributed by atoms with E-state index in [1.54, 1.807) is 42.5 Å². The van der Waals surface area contributed by atoms with Crippen molar-refractivity contribution in [3.8, 4) is 0 Å². The van der Waals surface area contributed by atoms with E-state index in [1.165, 1.54) is 12.1 Å². The molecule has 1 aliphatic rings. The van der Waals surface area contributed by atoms with Gasteiger partial charge in [0, 0.05) is 23.9 Å². The molecule has 25 heavy (non-hydrogen) atoms. The van der Waals surface area contributed by atoms with Crippen LogP contribution >= 0.6 is 11.6 Å². The summed E-state index contributed by atoms with van der Waals surface area (Å²) in [5, 5.41) is 15.6. The number of hydrogen-bond donors (Lipinski definition) is 1. The van der Waals surface area contributed by atoms with Crippen molar-refractivity contribution in [2.24, 2.45) is 5.10 Å². The van der Waals surface area contributed by atoms with Crippen LogP contribution in [0.4, 0.5) is 8.78 Å². The normalized spacial score (nSPS) is 20.5. The molecular formula is C18H15ClF2N2O2. The van der Waals surface area contributed by atoms with E-state index < -0.39 is 24.0 Å². The van der Waals surface area contributed by atoms with Crippen molar-refractivity contribution in [3.05, 3.63) is 70.7 Å². The van der Waals surface area contributed by atoms with Gasteiger partial charge in [-0.05, 0) is 29.8 Å². The Morgan fingerprint density at radius 2 is 1.80 bits per heavy atom. The van der Waals surface area contributed by atoms with Crippen molar-refractivity contribution in [2.45, 2.75) is 25.0 Å². The van der Waals surface area contributed by atoms with Gasteiger partial charge in [-0.15, -0.1) is 0 Å². The van der Waals surface area contributed by atoms with Crippen LogP contribution in [0.15, 0.2) is 59.7 Å². The minimum absolute atomic E-state index is 0.159. The summed E-state index contributed by atoms with van der Waals surface area (Å²) < 4.78 is 28.3. The molecule has 0 bridgehead atoms. The van der Waals surface area contributed by atoms with Crippen molar-refractivity contribution in [1.82, 2.24) is 5.01 Å². The van der Waals surface area contributed by atoms with Crippen LogP contribution in [0.1, 0.15) is 29.3 Å². The number of alkyl halides is 2. The lowest BCUT2D eigenvalue weighted by molar-refractivity contribution is -0.222. The number of nitrogens with zero attached hydrogens (tertiary/aromatic N) is 2. The first kappa shape index (κ1) is 17.5. The van der Waals surface area contributed by atoms with Crippen LogP contribution in [0.5, 0.6) is 0 Å². The lowest BCUT2D eigenvalue weighted by atomic mass is 9.96. The number of halogens is 3. The fraction of sp³-hybridized carbons (Fsp3) is 0.222. The molecular weight excluding hydrogens is 350 g/mol. The van der Waals surface area contributed by atoms with Crippen molar-refractivity contribution < 1.29 is 18.7 Å². The summed E-state index contributed by atoms with van der Waals surface area (Å²) in [5.41, 5.74) is -1.89. The topological polar surface area (TPSA) is 52.9 Å². The van der Waals surface area contributed by atoms with Crippen LogP contribution in [0, 0.1) is 0 Å². The molecule has 1 aliphatic heterocycles.